The van der Waals surface area contributed by atoms with Crippen LogP contribution in [0.4, 0.5) is 34.1 Å². The van der Waals surface area contributed by atoms with Gasteiger partial charge < -0.3 is 18.9 Å². The fraction of sp³-hybridized carbons (Fsp3) is 0. The average molecular weight is 1100 g/mol. The third-order valence-electron chi connectivity index (χ3n) is 17.4. The van der Waals surface area contributed by atoms with Gasteiger partial charge in [-0.1, -0.05) is 218 Å². The molecule has 16 rings (SSSR count). The van der Waals surface area contributed by atoms with E-state index in [1.54, 1.807) is 0 Å². The third kappa shape index (κ3) is 8.43. The van der Waals surface area contributed by atoms with Gasteiger partial charge in [0.05, 0.1) is 22.1 Å². The van der Waals surface area contributed by atoms with E-state index in [0.717, 1.165) is 45.5 Å². The van der Waals surface area contributed by atoms with Crippen molar-refractivity contribution in [3.8, 4) is 11.4 Å². The summed E-state index contributed by atoms with van der Waals surface area (Å²) < 4.78 is 4.78. The molecular weight excluding hydrogens is 1040 g/mol. The molecule has 0 fully saturated rings. The van der Waals surface area contributed by atoms with E-state index in [2.05, 4.69) is 359 Å². The molecule has 0 saturated heterocycles. The van der Waals surface area contributed by atoms with Gasteiger partial charge in [-0.05, 0) is 164 Å². The Hall–Kier alpha value is -11.0. The van der Waals surface area contributed by atoms with Crippen molar-refractivity contribution in [2.24, 2.45) is 0 Å². The molecule has 2 aromatic heterocycles. The molecule has 0 aliphatic carbocycles. The van der Waals surface area contributed by atoms with Crippen molar-refractivity contribution in [1.29, 1.82) is 0 Å². The number of nitrogens with zero attached hydrogens (tertiary/aromatic N) is 4. The fourth-order valence-electron chi connectivity index (χ4n) is 13.5. The van der Waals surface area contributed by atoms with Crippen LogP contribution in [-0.4, -0.2) is 17.2 Å². The summed E-state index contributed by atoms with van der Waals surface area (Å²) in [6.07, 6.45) is 0. The Bertz CT molecular complexity index is 4790. The van der Waals surface area contributed by atoms with Crippen molar-refractivity contribution in [2.75, 3.05) is 9.80 Å². The minimum absolute atomic E-state index is 1.08. The van der Waals surface area contributed by atoms with Gasteiger partial charge in [0.1, 0.15) is 0 Å². The van der Waals surface area contributed by atoms with Gasteiger partial charge in [0.25, 0.3) is 0 Å². The third-order valence-corrected chi connectivity index (χ3v) is 22.2. The number of anilines is 6. The van der Waals surface area contributed by atoms with Crippen molar-refractivity contribution < 1.29 is 0 Å². The minimum atomic E-state index is -3.04. The molecule has 0 aliphatic heterocycles. The lowest BCUT2D eigenvalue weighted by atomic mass is 10.1. The maximum Gasteiger partial charge on any atom is 0.179 e. The number of para-hydroxylation sites is 4. The smallest absolute Gasteiger partial charge is 0.179 e. The highest BCUT2D eigenvalue weighted by atomic mass is 28.3. The zero-order valence-electron chi connectivity index (χ0n) is 46.6. The lowest BCUT2D eigenvalue weighted by molar-refractivity contribution is 1.18. The molecular formula is C80H56N4Si. The Labute approximate surface area is 495 Å². The molecule has 85 heavy (non-hydrogen) atoms. The summed E-state index contributed by atoms with van der Waals surface area (Å²) >= 11 is 0. The molecule has 4 nitrogen and oxygen atoms in total. The van der Waals surface area contributed by atoms with Crippen LogP contribution in [0.2, 0.25) is 0 Å². The lowest BCUT2D eigenvalue weighted by Gasteiger charge is -2.35. The molecule has 0 amide bonds. The Morgan fingerprint density at radius 3 is 0.906 bits per heavy atom. The first kappa shape index (κ1) is 49.8. The Morgan fingerprint density at radius 1 is 0.200 bits per heavy atom. The minimum Gasteiger partial charge on any atom is -0.310 e. The van der Waals surface area contributed by atoms with Gasteiger partial charge in [-0.25, -0.2) is 0 Å². The number of aromatic nitrogens is 2. The maximum atomic E-state index is 2.44. The van der Waals surface area contributed by atoms with Gasteiger partial charge in [0, 0.05) is 67.0 Å². The SMILES string of the molecule is c1ccc(-n2c3ccccc3c3cc(N(c4ccc([Si](c5ccccc5)(c5ccccc5)c5ccc(N(c6ccc7ccccc7c6)c6ccc7c(c6)c6ccccc6n7-c6ccccc6)cc5)cc4)c4ccc5ccccc5c4)ccc32)cc1. The number of rotatable bonds is 12. The molecule has 0 unspecified atom stereocenters. The van der Waals surface area contributed by atoms with Crippen molar-refractivity contribution in [1.82, 2.24) is 9.13 Å². The second kappa shape index (κ2) is 20.8. The molecule has 14 aromatic carbocycles. The van der Waals surface area contributed by atoms with Gasteiger partial charge in [-0.2, -0.15) is 0 Å². The van der Waals surface area contributed by atoms with E-state index in [4.69, 9.17) is 0 Å². The number of benzene rings is 14. The van der Waals surface area contributed by atoms with E-state index < -0.39 is 8.07 Å². The van der Waals surface area contributed by atoms with Gasteiger partial charge in [-0.15, -0.1) is 0 Å². The summed E-state index contributed by atoms with van der Waals surface area (Å²) in [5.41, 5.74) is 13.5. The van der Waals surface area contributed by atoms with Crippen LogP contribution in [-0.2, 0) is 0 Å². The monoisotopic (exact) mass is 1100 g/mol. The standard InChI is InChI=1S/C80H56N4Si/c1-5-25-61(26-6-1)83-77-35-19-17-33-73(77)75-55-67(45-51-79(75)83)81(65-39-37-57-21-13-15-23-59(57)53-65)63-41-47-71(48-42-63)85(69-29-9-3-10-30-69,70-31-11-4-12-32-70)72-49-43-64(44-50-72)82(66-40-38-58-22-14-16-24-60(58)54-66)68-46-52-80-76(56-68)74-34-18-20-36-78(74)84(80)62-27-7-2-8-28-62/h1-56H. The topological polar surface area (TPSA) is 16.3 Å². The Balaban J connectivity index is 0.861. The molecule has 2 heterocycles. The number of fused-ring (bicyclic) bond motifs is 8. The van der Waals surface area contributed by atoms with Gasteiger partial charge in [-0.3, -0.25) is 0 Å². The van der Waals surface area contributed by atoms with Crippen molar-refractivity contribution in [2.45, 2.75) is 0 Å². The highest BCUT2D eigenvalue weighted by molar-refractivity contribution is 7.19. The fourth-order valence-corrected chi connectivity index (χ4v) is 18.3. The predicted octanol–water partition coefficient (Wildman–Crippen LogP) is 18.5. The summed E-state index contributed by atoms with van der Waals surface area (Å²) in [5, 5.41) is 14.9. The van der Waals surface area contributed by atoms with Crippen LogP contribution in [0, 0.1) is 0 Å². The van der Waals surface area contributed by atoms with Crippen LogP contribution >= 0.6 is 0 Å². The highest BCUT2D eigenvalue weighted by Gasteiger charge is 2.41. The number of hydrogen-bond donors (Lipinski definition) is 0. The van der Waals surface area contributed by atoms with Crippen LogP contribution in [0.15, 0.2) is 340 Å². The van der Waals surface area contributed by atoms with Crippen molar-refractivity contribution >= 4 is 128 Å². The van der Waals surface area contributed by atoms with E-state index in [9.17, 15) is 0 Å². The second-order valence-corrected chi connectivity index (χ2v) is 25.9. The van der Waals surface area contributed by atoms with E-state index >= 15 is 0 Å². The molecule has 0 atom stereocenters. The summed E-state index contributed by atoms with van der Waals surface area (Å²) in [6, 6.07) is 126. The van der Waals surface area contributed by atoms with Gasteiger partial charge in [0.15, 0.2) is 8.07 Å². The van der Waals surface area contributed by atoms with Crippen LogP contribution in [0.3, 0.4) is 0 Å². The quantitative estimate of drug-likeness (QED) is 0.0895. The first-order chi connectivity index (χ1) is 42.2. The summed E-state index contributed by atoms with van der Waals surface area (Å²) in [5.74, 6) is 0. The van der Waals surface area contributed by atoms with Crippen LogP contribution in [0.5, 0.6) is 0 Å². The molecule has 0 aliphatic rings. The summed E-state index contributed by atoms with van der Waals surface area (Å²) in [4.78, 5) is 4.87. The normalized spacial score (nSPS) is 11.8. The Kier molecular flexibility index (Phi) is 12.2. The zero-order valence-corrected chi connectivity index (χ0v) is 47.6. The van der Waals surface area contributed by atoms with Gasteiger partial charge >= 0.3 is 0 Å². The predicted molar refractivity (Wildman–Crippen MR) is 363 cm³/mol. The van der Waals surface area contributed by atoms with Crippen molar-refractivity contribution in [3.05, 3.63) is 340 Å². The molecule has 0 spiro atoms. The van der Waals surface area contributed by atoms with E-state index in [-0.39, 0.29) is 0 Å². The average Bonchev–Trinajstić information content (AvgIpc) is 2.38. The van der Waals surface area contributed by atoms with E-state index in [1.807, 2.05) is 0 Å². The first-order valence-electron chi connectivity index (χ1n) is 29.2. The molecule has 0 N–H and O–H groups in total. The van der Waals surface area contributed by atoms with Crippen molar-refractivity contribution in [3.63, 3.8) is 0 Å². The van der Waals surface area contributed by atoms with Crippen LogP contribution in [0.1, 0.15) is 0 Å². The highest BCUT2D eigenvalue weighted by Crippen LogP contribution is 2.43. The Morgan fingerprint density at radius 2 is 0.494 bits per heavy atom. The van der Waals surface area contributed by atoms with Crippen LogP contribution in [0.25, 0.3) is 76.5 Å². The van der Waals surface area contributed by atoms with E-state index in [1.165, 1.54) is 85.9 Å². The first-order valence-corrected chi connectivity index (χ1v) is 31.2. The van der Waals surface area contributed by atoms with Crippen LogP contribution < -0.4 is 30.5 Å². The summed E-state index contributed by atoms with van der Waals surface area (Å²) in [6.45, 7) is 0. The molecule has 5 heteroatoms. The second-order valence-electron chi connectivity index (χ2n) is 22.1. The molecule has 400 valence electrons. The zero-order chi connectivity index (χ0) is 56.3. The summed E-state index contributed by atoms with van der Waals surface area (Å²) in [7, 11) is -3.04. The number of hydrogen-bond acceptors (Lipinski definition) is 2. The van der Waals surface area contributed by atoms with E-state index in [0.29, 0.717) is 0 Å². The molecule has 0 bridgehead atoms. The maximum absolute atomic E-state index is 3.04. The molecule has 0 radical (unpaired) electrons. The lowest BCUT2D eigenvalue weighted by Crippen LogP contribution is -2.74. The van der Waals surface area contributed by atoms with Gasteiger partial charge in [0.2, 0.25) is 0 Å². The molecule has 16 aromatic rings. The largest absolute Gasteiger partial charge is 0.310 e. The molecule has 0 saturated carbocycles.